The quantitative estimate of drug-likeness (QED) is 0.547. The lowest BCUT2D eigenvalue weighted by atomic mass is 10.0. The second kappa shape index (κ2) is 10.5. The molecule has 3 rings (SSSR count). The molecule has 4 nitrogen and oxygen atoms in total. The molecule has 1 fully saturated rings. The van der Waals surface area contributed by atoms with E-state index < -0.39 is 0 Å². The maximum atomic E-state index is 12.0. The summed E-state index contributed by atoms with van der Waals surface area (Å²) in [7, 11) is 4.17. The number of benzene rings is 1. The third-order valence-corrected chi connectivity index (χ3v) is 5.47. The zero-order chi connectivity index (χ0) is 22.4. The van der Waals surface area contributed by atoms with Crippen molar-refractivity contribution >= 4 is 11.5 Å². The standard InChI is InChI=1S/C23H31N3O.C3H8/c1-15(2)26-10-9-23(25(5)6)22(14-26)16(3)24-21-12-19(17(4)27)11-20(13-21)18-7-8-18;1-3-2/h11-13,18,24H,1,3,7-10,14H2,2,4-6H3;3H2,1-2H3. The normalized spacial score (nSPS) is 15.9. The highest BCUT2D eigenvalue weighted by molar-refractivity contribution is 5.95. The zero-order valence-electron chi connectivity index (χ0n) is 19.8. The minimum Gasteiger partial charge on any atom is -0.381 e. The van der Waals surface area contributed by atoms with E-state index in [0.717, 1.165) is 42.2 Å². The smallest absolute Gasteiger partial charge is 0.159 e. The number of carbonyl (C=O) groups is 1. The fraction of sp³-hybridized carbons (Fsp3) is 0.500. The Morgan fingerprint density at radius 1 is 1.17 bits per heavy atom. The number of nitrogens with zero attached hydrogens (tertiary/aromatic N) is 2. The van der Waals surface area contributed by atoms with Crippen molar-refractivity contribution in [2.75, 3.05) is 32.5 Å². The number of anilines is 1. The van der Waals surface area contributed by atoms with E-state index >= 15 is 0 Å². The molecule has 1 N–H and O–H groups in total. The van der Waals surface area contributed by atoms with Crippen molar-refractivity contribution in [3.63, 3.8) is 0 Å². The van der Waals surface area contributed by atoms with Gasteiger partial charge in [-0.05, 0) is 56.4 Å². The lowest BCUT2D eigenvalue weighted by Gasteiger charge is -2.36. The van der Waals surface area contributed by atoms with E-state index in [9.17, 15) is 4.79 Å². The van der Waals surface area contributed by atoms with Gasteiger partial charge in [0, 0.05) is 67.5 Å². The molecule has 164 valence electrons. The van der Waals surface area contributed by atoms with E-state index in [-0.39, 0.29) is 5.78 Å². The first-order chi connectivity index (χ1) is 14.2. The van der Waals surface area contributed by atoms with Gasteiger partial charge in [0.25, 0.3) is 0 Å². The van der Waals surface area contributed by atoms with Gasteiger partial charge in [0.2, 0.25) is 0 Å². The van der Waals surface area contributed by atoms with Gasteiger partial charge in [-0.2, -0.15) is 0 Å². The summed E-state index contributed by atoms with van der Waals surface area (Å²) < 4.78 is 0. The number of hydrogen-bond acceptors (Lipinski definition) is 4. The summed E-state index contributed by atoms with van der Waals surface area (Å²) in [4.78, 5) is 16.4. The predicted molar refractivity (Wildman–Crippen MR) is 129 cm³/mol. The maximum Gasteiger partial charge on any atom is 0.159 e. The Balaban J connectivity index is 0.00000101. The summed E-state index contributed by atoms with van der Waals surface area (Å²) in [5.74, 6) is 0.703. The summed E-state index contributed by atoms with van der Waals surface area (Å²) in [6.07, 6.45) is 4.65. The molecule has 1 aliphatic carbocycles. The topological polar surface area (TPSA) is 35.6 Å². The predicted octanol–water partition coefficient (Wildman–Crippen LogP) is 6.16. The minimum atomic E-state index is 0.102. The molecule has 4 heteroatoms. The fourth-order valence-electron chi connectivity index (χ4n) is 3.67. The van der Waals surface area contributed by atoms with Crippen LogP contribution in [0.1, 0.15) is 75.2 Å². The molecule has 0 unspecified atom stereocenters. The van der Waals surface area contributed by atoms with E-state index in [1.165, 1.54) is 36.1 Å². The Hall–Kier alpha value is -2.49. The van der Waals surface area contributed by atoms with Crippen molar-refractivity contribution in [1.82, 2.24) is 9.80 Å². The van der Waals surface area contributed by atoms with E-state index in [1.807, 2.05) is 19.1 Å². The van der Waals surface area contributed by atoms with E-state index in [1.54, 1.807) is 6.92 Å². The van der Waals surface area contributed by atoms with Gasteiger partial charge < -0.3 is 15.1 Å². The van der Waals surface area contributed by atoms with Gasteiger partial charge in [0.15, 0.2) is 5.78 Å². The Morgan fingerprint density at radius 3 is 2.30 bits per heavy atom. The molecule has 1 aromatic rings. The molecule has 1 saturated carbocycles. The molecule has 0 bridgehead atoms. The molecule has 1 heterocycles. The van der Waals surface area contributed by atoms with Crippen molar-refractivity contribution < 1.29 is 4.79 Å². The largest absolute Gasteiger partial charge is 0.381 e. The summed E-state index contributed by atoms with van der Waals surface area (Å²) in [6, 6.07) is 6.15. The molecule has 0 saturated heterocycles. The highest BCUT2D eigenvalue weighted by Gasteiger charge is 2.25. The lowest BCUT2D eigenvalue weighted by molar-refractivity contribution is 0.101. The minimum absolute atomic E-state index is 0.102. The molecule has 0 atom stereocenters. The van der Waals surface area contributed by atoms with Gasteiger partial charge in [-0.3, -0.25) is 4.79 Å². The summed E-state index contributed by atoms with van der Waals surface area (Å²) in [5, 5.41) is 3.49. The Morgan fingerprint density at radius 2 is 1.80 bits per heavy atom. The third kappa shape index (κ3) is 6.25. The van der Waals surface area contributed by atoms with Crippen LogP contribution in [0, 0.1) is 0 Å². The van der Waals surface area contributed by atoms with E-state index in [4.69, 9.17) is 0 Å². The first-order valence-corrected chi connectivity index (χ1v) is 11.1. The second-order valence-corrected chi connectivity index (χ2v) is 8.71. The van der Waals surface area contributed by atoms with E-state index in [2.05, 4.69) is 62.3 Å². The summed E-state index contributed by atoms with van der Waals surface area (Å²) in [6.45, 7) is 18.1. The van der Waals surface area contributed by atoms with Crippen molar-refractivity contribution in [3.05, 3.63) is 65.1 Å². The van der Waals surface area contributed by atoms with Gasteiger partial charge in [-0.25, -0.2) is 0 Å². The zero-order valence-corrected chi connectivity index (χ0v) is 19.8. The van der Waals surface area contributed by atoms with Crippen LogP contribution in [0.3, 0.4) is 0 Å². The van der Waals surface area contributed by atoms with Crippen LogP contribution in [0.5, 0.6) is 0 Å². The van der Waals surface area contributed by atoms with E-state index in [0.29, 0.717) is 5.92 Å². The van der Waals surface area contributed by atoms with Gasteiger partial charge in [-0.1, -0.05) is 33.4 Å². The van der Waals surface area contributed by atoms with Crippen LogP contribution in [-0.2, 0) is 0 Å². The Bertz CT molecular complexity index is 831. The fourth-order valence-corrected chi connectivity index (χ4v) is 3.67. The number of Topliss-reactive ketones (excluding diaryl/α,β-unsaturated/α-hetero) is 1. The van der Waals surface area contributed by atoms with Gasteiger partial charge in [0.05, 0.1) is 0 Å². The third-order valence-electron chi connectivity index (χ3n) is 5.47. The number of hydrogen-bond donors (Lipinski definition) is 1. The van der Waals surface area contributed by atoms with Crippen molar-refractivity contribution in [3.8, 4) is 0 Å². The van der Waals surface area contributed by atoms with Crippen LogP contribution in [0.2, 0.25) is 0 Å². The Labute approximate surface area is 183 Å². The van der Waals surface area contributed by atoms with Crippen LogP contribution in [0.4, 0.5) is 5.69 Å². The molecular formula is C26H39N3O. The SMILES string of the molecule is C=C(Nc1cc(C(C)=O)cc(C2CC2)c1)C1=C(N(C)C)CCN(C(=C)C)C1.CCC. The molecule has 30 heavy (non-hydrogen) atoms. The summed E-state index contributed by atoms with van der Waals surface area (Å²) >= 11 is 0. The number of carbonyl (C=O) groups excluding carboxylic acids is 1. The highest BCUT2D eigenvalue weighted by Crippen LogP contribution is 2.41. The van der Waals surface area contributed by atoms with Crippen LogP contribution in [0.15, 0.2) is 54.0 Å². The number of allylic oxidation sites excluding steroid dienone is 1. The number of rotatable bonds is 7. The van der Waals surface area contributed by atoms with Crippen molar-refractivity contribution in [1.29, 1.82) is 0 Å². The van der Waals surface area contributed by atoms with Gasteiger partial charge in [-0.15, -0.1) is 0 Å². The van der Waals surface area contributed by atoms with Crippen molar-refractivity contribution in [2.24, 2.45) is 0 Å². The average molecular weight is 410 g/mol. The van der Waals surface area contributed by atoms with Crippen LogP contribution >= 0.6 is 0 Å². The molecule has 2 aliphatic rings. The first-order valence-electron chi connectivity index (χ1n) is 11.1. The monoisotopic (exact) mass is 409 g/mol. The van der Waals surface area contributed by atoms with Crippen LogP contribution < -0.4 is 5.32 Å². The van der Waals surface area contributed by atoms with Gasteiger partial charge >= 0.3 is 0 Å². The van der Waals surface area contributed by atoms with Crippen LogP contribution in [-0.4, -0.2) is 42.8 Å². The molecular weight excluding hydrogens is 370 g/mol. The highest BCUT2D eigenvalue weighted by atomic mass is 16.1. The molecule has 0 aromatic heterocycles. The maximum absolute atomic E-state index is 12.0. The number of ketones is 1. The molecule has 0 radical (unpaired) electrons. The molecule has 0 amide bonds. The molecule has 1 aromatic carbocycles. The molecule has 1 aliphatic heterocycles. The van der Waals surface area contributed by atoms with Crippen molar-refractivity contribution in [2.45, 2.75) is 59.3 Å². The lowest BCUT2D eigenvalue weighted by Crippen LogP contribution is -2.34. The average Bonchev–Trinajstić information content (AvgIpc) is 3.53. The Kier molecular flexibility index (Phi) is 8.33. The van der Waals surface area contributed by atoms with Crippen LogP contribution in [0.25, 0.3) is 0 Å². The molecule has 0 spiro atoms. The van der Waals surface area contributed by atoms with Gasteiger partial charge in [0.1, 0.15) is 0 Å². The first kappa shape index (κ1) is 23.8. The second-order valence-electron chi connectivity index (χ2n) is 8.71. The number of nitrogens with one attached hydrogen (secondary N) is 1. The summed E-state index contributed by atoms with van der Waals surface area (Å²) in [5.41, 5.74) is 7.45.